The van der Waals surface area contributed by atoms with Crippen LogP contribution < -0.4 is 5.73 Å². The van der Waals surface area contributed by atoms with Gasteiger partial charge in [0.15, 0.2) is 0 Å². The van der Waals surface area contributed by atoms with Gasteiger partial charge in [0.25, 0.3) is 5.91 Å². The van der Waals surface area contributed by atoms with Crippen molar-refractivity contribution in [1.29, 1.82) is 0 Å². The van der Waals surface area contributed by atoms with E-state index in [1.165, 1.54) is 11.8 Å². The summed E-state index contributed by atoms with van der Waals surface area (Å²) in [4.78, 5) is 11.2. The highest BCUT2D eigenvalue weighted by Gasteiger charge is 2.13. The lowest BCUT2D eigenvalue weighted by atomic mass is 10.3. The number of hydrogen-bond acceptors (Lipinski definition) is 3. The smallest absolute Gasteiger partial charge is 0.253 e. The Morgan fingerprint density at radius 2 is 2.06 bits per heavy atom. The Labute approximate surface area is 97.5 Å². The molecule has 2 aromatic rings. The molecule has 0 fully saturated rings. The summed E-state index contributed by atoms with van der Waals surface area (Å²) in [6.07, 6.45) is 3.52. The van der Waals surface area contributed by atoms with Gasteiger partial charge in [-0.25, -0.2) is 4.68 Å². The number of carbonyl (C=O) groups is 1. The third-order valence-corrected chi connectivity index (χ3v) is 2.85. The number of primary amides is 1. The maximum absolute atomic E-state index is 11.2. The second-order valence-electron chi connectivity index (χ2n) is 3.20. The van der Waals surface area contributed by atoms with Gasteiger partial charge < -0.3 is 5.73 Å². The molecule has 1 heterocycles. The highest BCUT2D eigenvalue weighted by molar-refractivity contribution is 7.98. The number of amides is 1. The van der Waals surface area contributed by atoms with Crippen molar-refractivity contribution in [3.05, 3.63) is 42.1 Å². The molecule has 0 atom stereocenters. The van der Waals surface area contributed by atoms with Crippen LogP contribution in [0.2, 0.25) is 0 Å². The Balaban J connectivity index is 2.48. The number of hydrogen-bond donors (Lipinski definition) is 1. The summed E-state index contributed by atoms with van der Waals surface area (Å²) in [6, 6.07) is 9.60. The Bertz CT molecular complexity index is 507. The number of aromatic nitrogens is 2. The molecule has 0 aliphatic carbocycles. The van der Waals surface area contributed by atoms with Crippen LogP contribution in [0.1, 0.15) is 10.4 Å². The number of carbonyl (C=O) groups excluding carboxylic acids is 1. The molecule has 0 radical (unpaired) electrons. The predicted molar refractivity (Wildman–Crippen MR) is 63.9 cm³/mol. The van der Waals surface area contributed by atoms with Gasteiger partial charge in [0.1, 0.15) is 5.03 Å². The Kier molecular flexibility index (Phi) is 2.96. The van der Waals surface area contributed by atoms with Crippen molar-refractivity contribution in [2.75, 3.05) is 6.26 Å². The zero-order chi connectivity index (χ0) is 11.5. The highest BCUT2D eigenvalue weighted by atomic mass is 32.2. The molecule has 2 N–H and O–H groups in total. The second-order valence-corrected chi connectivity index (χ2v) is 3.99. The molecule has 0 aliphatic rings. The van der Waals surface area contributed by atoms with E-state index in [1.807, 2.05) is 36.6 Å². The molecular weight excluding hydrogens is 222 g/mol. The Hall–Kier alpha value is -1.75. The van der Waals surface area contributed by atoms with E-state index in [0.29, 0.717) is 10.6 Å². The lowest BCUT2D eigenvalue weighted by molar-refractivity contribution is 0.0997. The summed E-state index contributed by atoms with van der Waals surface area (Å²) in [5, 5.41) is 4.95. The van der Waals surface area contributed by atoms with Gasteiger partial charge in [-0.15, -0.1) is 11.8 Å². The fraction of sp³-hybridized carbons (Fsp3) is 0.0909. The van der Waals surface area contributed by atoms with Gasteiger partial charge in [0.2, 0.25) is 0 Å². The maximum atomic E-state index is 11.2. The van der Waals surface area contributed by atoms with E-state index in [-0.39, 0.29) is 0 Å². The van der Waals surface area contributed by atoms with Crippen LogP contribution in [-0.2, 0) is 0 Å². The number of para-hydroxylation sites is 1. The van der Waals surface area contributed by atoms with Crippen LogP contribution in [-0.4, -0.2) is 21.9 Å². The summed E-state index contributed by atoms with van der Waals surface area (Å²) >= 11 is 1.41. The standard InChI is InChI=1S/C11H11N3OS/c1-16-11-9(10(12)15)7-14(13-11)8-5-3-2-4-6-8/h2-7H,1H3,(H2,12,15). The van der Waals surface area contributed by atoms with Crippen molar-refractivity contribution in [3.63, 3.8) is 0 Å². The SMILES string of the molecule is CSc1nn(-c2ccccc2)cc1C(N)=O. The van der Waals surface area contributed by atoms with Crippen molar-refractivity contribution >= 4 is 17.7 Å². The first kappa shape index (κ1) is 10.8. The Morgan fingerprint density at radius 3 is 2.56 bits per heavy atom. The number of nitrogens with two attached hydrogens (primary N) is 1. The minimum atomic E-state index is -0.452. The topological polar surface area (TPSA) is 60.9 Å². The molecule has 0 spiro atoms. The Morgan fingerprint density at radius 1 is 1.38 bits per heavy atom. The van der Waals surface area contributed by atoms with Gasteiger partial charge in [-0.2, -0.15) is 5.10 Å². The molecule has 0 saturated heterocycles. The minimum absolute atomic E-state index is 0.452. The van der Waals surface area contributed by atoms with Crippen molar-refractivity contribution in [3.8, 4) is 5.69 Å². The van der Waals surface area contributed by atoms with Crippen LogP contribution in [0.5, 0.6) is 0 Å². The fourth-order valence-electron chi connectivity index (χ4n) is 1.39. The molecule has 5 heteroatoms. The van der Waals surface area contributed by atoms with Gasteiger partial charge in [-0.05, 0) is 18.4 Å². The zero-order valence-electron chi connectivity index (χ0n) is 8.75. The van der Waals surface area contributed by atoms with E-state index in [2.05, 4.69) is 5.10 Å². The number of nitrogens with zero attached hydrogens (tertiary/aromatic N) is 2. The normalized spacial score (nSPS) is 10.3. The average Bonchev–Trinajstić information content (AvgIpc) is 2.74. The monoisotopic (exact) mass is 233 g/mol. The summed E-state index contributed by atoms with van der Waals surface area (Å²) < 4.78 is 1.66. The van der Waals surface area contributed by atoms with E-state index >= 15 is 0 Å². The third kappa shape index (κ3) is 1.94. The lowest BCUT2D eigenvalue weighted by Gasteiger charge is -1.98. The summed E-state index contributed by atoms with van der Waals surface area (Å²) in [7, 11) is 0. The van der Waals surface area contributed by atoms with Crippen LogP contribution in [0.4, 0.5) is 0 Å². The van der Waals surface area contributed by atoms with Gasteiger partial charge in [-0.3, -0.25) is 4.79 Å². The first-order valence-corrected chi connectivity index (χ1v) is 5.93. The maximum Gasteiger partial charge on any atom is 0.253 e. The molecule has 82 valence electrons. The quantitative estimate of drug-likeness (QED) is 0.821. The van der Waals surface area contributed by atoms with E-state index < -0.39 is 5.91 Å². The van der Waals surface area contributed by atoms with Gasteiger partial charge in [0.05, 0.1) is 11.3 Å². The molecule has 16 heavy (non-hydrogen) atoms. The molecule has 1 amide bonds. The average molecular weight is 233 g/mol. The van der Waals surface area contributed by atoms with Crippen molar-refractivity contribution in [2.45, 2.75) is 5.03 Å². The first-order valence-electron chi connectivity index (χ1n) is 4.71. The lowest BCUT2D eigenvalue weighted by Crippen LogP contribution is -2.10. The van der Waals surface area contributed by atoms with Gasteiger partial charge in [0, 0.05) is 6.20 Å². The molecular formula is C11H11N3OS. The van der Waals surface area contributed by atoms with E-state index in [9.17, 15) is 4.79 Å². The number of benzene rings is 1. The second kappa shape index (κ2) is 4.40. The third-order valence-electron chi connectivity index (χ3n) is 2.16. The van der Waals surface area contributed by atoms with Crippen LogP contribution in [0, 0.1) is 0 Å². The van der Waals surface area contributed by atoms with E-state index in [1.54, 1.807) is 10.9 Å². The van der Waals surface area contributed by atoms with Crippen LogP contribution >= 0.6 is 11.8 Å². The summed E-state index contributed by atoms with van der Waals surface area (Å²) in [5.74, 6) is -0.452. The molecule has 4 nitrogen and oxygen atoms in total. The minimum Gasteiger partial charge on any atom is -0.365 e. The molecule has 0 aliphatic heterocycles. The summed E-state index contributed by atoms with van der Waals surface area (Å²) in [6.45, 7) is 0. The van der Waals surface area contributed by atoms with E-state index in [4.69, 9.17) is 5.73 Å². The molecule has 1 aromatic heterocycles. The molecule has 0 bridgehead atoms. The van der Waals surface area contributed by atoms with Crippen molar-refractivity contribution in [2.24, 2.45) is 5.73 Å². The molecule has 2 rings (SSSR count). The molecule has 0 unspecified atom stereocenters. The first-order chi connectivity index (χ1) is 7.72. The van der Waals surface area contributed by atoms with Crippen LogP contribution in [0.25, 0.3) is 5.69 Å². The molecule has 0 saturated carbocycles. The highest BCUT2D eigenvalue weighted by Crippen LogP contribution is 2.19. The zero-order valence-corrected chi connectivity index (χ0v) is 9.57. The number of thioether (sulfide) groups is 1. The largest absolute Gasteiger partial charge is 0.365 e. The summed E-state index contributed by atoms with van der Waals surface area (Å²) in [5.41, 5.74) is 6.64. The van der Waals surface area contributed by atoms with Crippen molar-refractivity contribution < 1.29 is 4.79 Å². The number of rotatable bonds is 3. The van der Waals surface area contributed by atoms with Crippen LogP contribution in [0.3, 0.4) is 0 Å². The predicted octanol–water partition coefficient (Wildman–Crippen LogP) is 1.69. The van der Waals surface area contributed by atoms with E-state index in [0.717, 1.165) is 5.69 Å². The van der Waals surface area contributed by atoms with Gasteiger partial charge >= 0.3 is 0 Å². The fourth-order valence-corrected chi connectivity index (χ4v) is 1.93. The van der Waals surface area contributed by atoms with Gasteiger partial charge in [-0.1, -0.05) is 18.2 Å². The van der Waals surface area contributed by atoms with Crippen LogP contribution in [0.15, 0.2) is 41.6 Å². The van der Waals surface area contributed by atoms with Crippen molar-refractivity contribution in [1.82, 2.24) is 9.78 Å². The molecule has 1 aromatic carbocycles.